The molecule has 2 aliphatic carbocycles. The molecule has 2 bridgehead atoms. The molecule has 0 aliphatic heterocycles. The molecule has 2 nitrogen and oxygen atoms in total. The molecule has 2 aliphatic rings. The van der Waals surface area contributed by atoms with Crippen molar-refractivity contribution in [3.05, 3.63) is 23.8 Å². The predicted molar refractivity (Wildman–Crippen MR) is 77.7 cm³/mol. The Morgan fingerprint density at radius 2 is 2.21 bits per heavy atom. The van der Waals surface area contributed by atoms with Crippen molar-refractivity contribution in [1.29, 1.82) is 0 Å². The molecule has 3 atom stereocenters. The maximum absolute atomic E-state index is 10.8. The molecule has 0 aromatic carbocycles. The number of hydrogen-bond donors (Lipinski definition) is 0. The van der Waals surface area contributed by atoms with E-state index in [0.29, 0.717) is 12.0 Å². The first-order chi connectivity index (χ1) is 8.93. The lowest BCUT2D eigenvalue weighted by Crippen LogP contribution is -2.26. The van der Waals surface area contributed by atoms with Crippen LogP contribution in [0, 0.1) is 17.3 Å². The largest absolute Gasteiger partial charge is 0.461 e. The maximum atomic E-state index is 10.8. The molecule has 0 radical (unpaired) electrons. The second-order valence-corrected chi connectivity index (χ2v) is 6.52. The van der Waals surface area contributed by atoms with Gasteiger partial charge in [0.2, 0.25) is 0 Å². The third kappa shape index (κ3) is 2.93. The maximum Gasteiger partial charge on any atom is 0.302 e. The topological polar surface area (TPSA) is 26.3 Å². The molecule has 0 unspecified atom stereocenters. The van der Waals surface area contributed by atoms with E-state index in [-0.39, 0.29) is 5.97 Å². The summed E-state index contributed by atoms with van der Waals surface area (Å²) >= 11 is 0. The Morgan fingerprint density at radius 1 is 1.47 bits per heavy atom. The Hall–Kier alpha value is -1.05. The summed E-state index contributed by atoms with van der Waals surface area (Å²) < 4.78 is 5.00. The number of fused-ring (bicyclic) bond motifs is 2. The van der Waals surface area contributed by atoms with Crippen LogP contribution in [0.4, 0.5) is 0 Å². The minimum absolute atomic E-state index is 0.207. The van der Waals surface area contributed by atoms with Crippen LogP contribution in [0.5, 0.6) is 0 Å². The van der Waals surface area contributed by atoms with Gasteiger partial charge < -0.3 is 4.74 Å². The van der Waals surface area contributed by atoms with Gasteiger partial charge in [-0.05, 0) is 61.9 Å². The zero-order valence-corrected chi connectivity index (χ0v) is 12.5. The standard InChI is InChI=1S/C17H26O2/c1-12(11-19-14(3)18)6-5-9-17(4)13(2)15-7-8-16(17)10-15/h6,15-16H,2,5,7-11H2,1,3-4H3/b12-6-/t15-,16+,17-/m0/s1. The van der Waals surface area contributed by atoms with Gasteiger partial charge in [-0.15, -0.1) is 0 Å². The van der Waals surface area contributed by atoms with Gasteiger partial charge in [0, 0.05) is 6.92 Å². The number of ether oxygens (including phenoxy) is 1. The van der Waals surface area contributed by atoms with Crippen molar-refractivity contribution in [3.8, 4) is 0 Å². The van der Waals surface area contributed by atoms with Gasteiger partial charge in [-0.25, -0.2) is 0 Å². The van der Waals surface area contributed by atoms with Crippen LogP contribution in [0.1, 0.15) is 52.9 Å². The van der Waals surface area contributed by atoms with Crippen LogP contribution in [0.25, 0.3) is 0 Å². The second kappa shape index (κ2) is 5.52. The van der Waals surface area contributed by atoms with Gasteiger partial charge in [0.05, 0.1) is 0 Å². The summed E-state index contributed by atoms with van der Waals surface area (Å²) in [6.45, 7) is 10.7. The Labute approximate surface area is 116 Å². The molecule has 106 valence electrons. The summed E-state index contributed by atoms with van der Waals surface area (Å²) in [5.41, 5.74) is 2.99. The molecule has 2 fully saturated rings. The van der Waals surface area contributed by atoms with Crippen LogP contribution < -0.4 is 0 Å². The van der Waals surface area contributed by atoms with E-state index in [0.717, 1.165) is 23.8 Å². The fourth-order valence-electron chi connectivity index (χ4n) is 3.86. The van der Waals surface area contributed by atoms with Crippen LogP contribution >= 0.6 is 0 Å². The minimum Gasteiger partial charge on any atom is -0.461 e. The predicted octanol–water partition coefficient (Wildman–Crippen LogP) is 4.27. The minimum atomic E-state index is -0.207. The molecule has 0 N–H and O–H groups in total. The summed E-state index contributed by atoms with van der Waals surface area (Å²) in [7, 11) is 0. The quantitative estimate of drug-likeness (QED) is 0.546. The van der Waals surface area contributed by atoms with Crippen molar-refractivity contribution in [3.63, 3.8) is 0 Å². The van der Waals surface area contributed by atoms with Crippen LogP contribution in [-0.2, 0) is 9.53 Å². The lowest BCUT2D eigenvalue weighted by molar-refractivity contribution is -0.139. The van der Waals surface area contributed by atoms with Gasteiger partial charge in [0.15, 0.2) is 0 Å². The van der Waals surface area contributed by atoms with Crippen LogP contribution in [0.3, 0.4) is 0 Å². The lowest BCUT2D eigenvalue weighted by atomic mass is 9.69. The number of hydrogen-bond acceptors (Lipinski definition) is 2. The zero-order chi connectivity index (χ0) is 14.0. The van der Waals surface area contributed by atoms with Gasteiger partial charge in [0.1, 0.15) is 6.61 Å². The molecule has 2 rings (SSSR count). The van der Waals surface area contributed by atoms with E-state index in [1.807, 2.05) is 6.92 Å². The van der Waals surface area contributed by atoms with Gasteiger partial charge in [0.25, 0.3) is 0 Å². The summed E-state index contributed by atoms with van der Waals surface area (Å²) in [5.74, 6) is 1.44. The van der Waals surface area contributed by atoms with Crippen LogP contribution in [0.15, 0.2) is 23.8 Å². The molecule has 0 heterocycles. The number of allylic oxidation sites excluding steroid dienone is 2. The van der Waals surface area contributed by atoms with Crippen molar-refractivity contribution in [2.24, 2.45) is 17.3 Å². The molecule has 2 saturated carbocycles. The SMILES string of the molecule is C=C1[C@H]2CC[C@H](C2)[C@@]1(C)CC/C=C(/C)COC(C)=O. The zero-order valence-electron chi connectivity index (χ0n) is 12.5. The van der Waals surface area contributed by atoms with E-state index >= 15 is 0 Å². The average Bonchev–Trinajstić information content (AvgIpc) is 2.91. The highest BCUT2D eigenvalue weighted by Crippen LogP contribution is 2.60. The summed E-state index contributed by atoms with van der Waals surface area (Å²) in [6, 6.07) is 0. The molecule has 0 aromatic heterocycles. The van der Waals surface area contributed by atoms with E-state index in [4.69, 9.17) is 4.74 Å². The van der Waals surface area contributed by atoms with E-state index in [1.54, 1.807) is 0 Å². The van der Waals surface area contributed by atoms with Gasteiger partial charge >= 0.3 is 5.97 Å². The molecule has 0 aromatic rings. The molecule has 2 heteroatoms. The van der Waals surface area contributed by atoms with Crippen molar-refractivity contribution in [1.82, 2.24) is 0 Å². The first kappa shape index (κ1) is 14.4. The number of rotatable bonds is 5. The highest BCUT2D eigenvalue weighted by atomic mass is 16.5. The lowest BCUT2D eigenvalue weighted by Gasteiger charge is -2.36. The molecular formula is C17H26O2. The van der Waals surface area contributed by atoms with Crippen molar-refractivity contribution < 1.29 is 9.53 Å². The van der Waals surface area contributed by atoms with Crippen LogP contribution in [-0.4, -0.2) is 12.6 Å². The van der Waals surface area contributed by atoms with Crippen molar-refractivity contribution in [2.45, 2.75) is 52.9 Å². The van der Waals surface area contributed by atoms with E-state index in [1.165, 1.54) is 38.2 Å². The number of carbonyl (C=O) groups excluding carboxylic acids is 1. The van der Waals surface area contributed by atoms with E-state index < -0.39 is 0 Å². The Balaban J connectivity index is 1.84. The first-order valence-electron chi connectivity index (χ1n) is 7.41. The van der Waals surface area contributed by atoms with Crippen LogP contribution in [0.2, 0.25) is 0 Å². The fourth-order valence-corrected chi connectivity index (χ4v) is 3.86. The average molecular weight is 262 g/mol. The number of esters is 1. The van der Waals surface area contributed by atoms with Crippen molar-refractivity contribution >= 4 is 5.97 Å². The highest BCUT2D eigenvalue weighted by molar-refractivity contribution is 5.66. The smallest absolute Gasteiger partial charge is 0.302 e. The first-order valence-corrected chi connectivity index (χ1v) is 7.41. The summed E-state index contributed by atoms with van der Waals surface area (Å²) in [4.78, 5) is 10.8. The monoisotopic (exact) mass is 262 g/mol. The van der Waals surface area contributed by atoms with Gasteiger partial charge in [-0.2, -0.15) is 0 Å². The molecule has 19 heavy (non-hydrogen) atoms. The molecule has 0 saturated heterocycles. The normalized spacial score (nSPS) is 33.8. The number of carbonyl (C=O) groups is 1. The fraction of sp³-hybridized carbons (Fsp3) is 0.706. The Bertz CT molecular complexity index is 407. The van der Waals surface area contributed by atoms with Gasteiger partial charge in [-0.3, -0.25) is 4.79 Å². The molecule has 0 amide bonds. The summed E-state index contributed by atoms with van der Waals surface area (Å²) in [6.07, 6.45) is 8.58. The highest BCUT2D eigenvalue weighted by Gasteiger charge is 2.49. The molecule has 0 spiro atoms. The van der Waals surface area contributed by atoms with Crippen molar-refractivity contribution in [2.75, 3.05) is 6.61 Å². The second-order valence-electron chi connectivity index (χ2n) is 6.52. The Kier molecular flexibility index (Phi) is 4.17. The summed E-state index contributed by atoms with van der Waals surface area (Å²) in [5, 5.41) is 0. The third-order valence-electron chi connectivity index (χ3n) is 5.22. The van der Waals surface area contributed by atoms with Gasteiger partial charge in [-0.1, -0.05) is 25.2 Å². The molecular weight excluding hydrogens is 236 g/mol. The van der Waals surface area contributed by atoms with E-state index in [2.05, 4.69) is 19.6 Å². The Morgan fingerprint density at radius 3 is 2.79 bits per heavy atom. The van der Waals surface area contributed by atoms with E-state index in [9.17, 15) is 4.79 Å². The third-order valence-corrected chi connectivity index (χ3v) is 5.22.